The molecule has 2 saturated heterocycles. The van der Waals surface area contributed by atoms with Crippen molar-refractivity contribution in [3.8, 4) is 11.5 Å². The number of aromatic nitrogens is 2. The molecular weight excluding hydrogens is 420 g/mol. The van der Waals surface area contributed by atoms with Gasteiger partial charge in [-0.05, 0) is 62.8 Å². The Labute approximate surface area is 193 Å². The van der Waals surface area contributed by atoms with Gasteiger partial charge in [0, 0.05) is 37.9 Å². The molecule has 3 heterocycles. The first kappa shape index (κ1) is 20.9. The van der Waals surface area contributed by atoms with Crippen molar-refractivity contribution in [2.75, 3.05) is 43.6 Å². The van der Waals surface area contributed by atoms with Gasteiger partial charge in [-0.2, -0.15) is 0 Å². The van der Waals surface area contributed by atoms with Gasteiger partial charge in [-0.1, -0.05) is 0 Å². The number of aryl methyl sites for hydroxylation is 1. The number of nitrogens with one attached hydrogen (secondary N) is 1. The Hall–Kier alpha value is -2.71. The van der Waals surface area contributed by atoms with Gasteiger partial charge in [0.2, 0.25) is 11.9 Å². The molecule has 3 saturated carbocycles. The topological polar surface area (TPSA) is 85.8 Å². The number of hydrogen-bond acceptors (Lipinski definition) is 7. The summed E-state index contributed by atoms with van der Waals surface area (Å²) in [4.78, 5) is 24.0. The molecule has 0 radical (unpaired) electrons. The average Bonchev–Trinajstić information content (AvgIpc) is 3.39. The van der Waals surface area contributed by atoms with Crippen LogP contribution in [0.4, 0.5) is 11.6 Å². The van der Waals surface area contributed by atoms with Gasteiger partial charge in [0.15, 0.2) is 5.75 Å². The minimum absolute atomic E-state index is 0.0380. The standard InChI is InChI=1S/C25H30N4O4/c1-17-9-18(28-21(30)24-12-25(13-24,14-24)31-2)3-4-20(17)33-19-10-26-22(27-11-19)29-7-5-23(15-29)6-8-32-16-23/h3-4,9-11H,5-8,12-16H2,1-2H3,(H,28,30). The number of anilines is 2. The second kappa shape index (κ2) is 7.40. The van der Waals surface area contributed by atoms with Crippen molar-refractivity contribution >= 4 is 17.5 Å². The molecule has 33 heavy (non-hydrogen) atoms. The molecule has 1 unspecified atom stereocenters. The second-order valence-electron chi connectivity index (χ2n) is 10.4. The summed E-state index contributed by atoms with van der Waals surface area (Å²) in [6.07, 6.45) is 8.17. The van der Waals surface area contributed by atoms with Gasteiger partial charge in [-0.15, -0.1) is 0 Å². The highest BCUT2D eigenvalue weighted by atomic mass is 16.5. The summed E-state index contributed by atoms with van der Waals surface area (Å²) in [5.74, 6) is 2.14. The second-order valence-corrected chi connectivity index (χ2v) is 10.4. The van der Waals surface area contributed by atoms with E-state index in [1.54, 1.807) is 19.5 Å². The van der Waals surface area contributed by atoms with Crippen LogP contribution in [0.3, 0.4) is 0 Å². The Balaban J connectivity index is 1.07. The first-order chi connectivity index (χ1) is 15.9. The molecular formula is C25H30N4O4. The van der Waals surface area contributed by atoms with Crippen molar-refractivity contribution in [1.29, 1.82) is 0 Å². The summed E-state index contributed by atoms with van der Waals surface area (Å²) < 4.78 is 17.1. The number of methoxy groups -OCH3 is 1. The molecule has 1 aromatic heterocycles. The molecule has 5 fully saturated rings. The number of hydrogen-bond donors (Lipinski definition) is 1. The number of amides is 1. The van der Waals surface area contributed by atoms with Crippen LogP contribution >= 0.6 is 0 Å². The van der Waals surface area contributed by atoms with Crippen molar-refractivity contribution < 1.29 is 19.0 Å². The van der Waals surface area contributed by atoms with E-state index in [1.165, 1.54) is 0 Å². The SMILES string of the molecule is COC12CC(C(=O)Nc3ccc(Oc4cnc(N5CCC6(CCOC6)C5)nc4)c(C)c3)(C1)C2. The summed E-state index contributed by atoms with van der Waals surface area (Å²) in [5.41, 5.74) is 1.72. The van der Waals surface area contributed by atoms with Crippen LogP contribution in [0.5, 0.6) is 11.5 Å². The van der Waals surface area contributed by atoms with E-state index >= 15 is 0 Å². The molecule has 174 valence electrons. The maximum atomic E-state index is 12.7. The quantitative estimate of drug-likeness (QED) is 0.718. The molecule has 2 aromatic rings. The van der Waals surface area contributed by atoms with Gasteiger partial charge >= 0.3 is 0 Å². The summed E-state index contributed by atoms with van der Waals surface area (Å²) in [6, 6.07) is 5.69. The van der Waals surface area contributed by atoms with Crippen LogP contribution in [0.1, 0.15) is 37.7 Å². The summed E-state index contributed by atoms with van der Waals surface area (Å²) >= 11 is 0. The Bertz CT molecular complexity index is 1060. The fourth-order valence-corrected chi connectivity index (χ4v) is 5.99. The lowest BCUT2D eigenvalue weighted by atomic mass is 9.40. The molecule has 1 aromatic carbocycles. The molecule has 1 spiro atoms. The molecule has 1 amide bonds. The first-order valence-electron chi connectivity index (χ1n) is 11.7. The molecule has 2 bridgehead atoms. The van der Waals surface area contributed by atoms with Crippen molar-refractivity contribution in [2.45, 2.75) is 44.6 Å². The van der Waals surface area contributed by atoms with Gasteiger partial charge in [-0.3, -0.25) is 4.79 Å². The van der Waals surface area contributed by atoms with Gasteiger partial charge in [-0.25, -0.2) is 9.97 Å². The predicted octanol–water partition coefficient (Wildman–Crippen LogP) is 3.70. The Morgan fingerprint density at radius 1 is 1.18 bits per heavy atom. The van der Waals surface area contributed by atoms with Crippen LogP contribution in [0.15, 0.2) is 30.6 Å². The third-order valence-corrected chi connectivity index (χ3v) is 8.08. The van der Waals surface area contributed by atoms with Crippen molar-refractivity contribution in [1.82, 2.24) is 9.97 Å². The van der Waals surface area contributed by atoms with Gasteiger partial charge in [0.05, 0.1) is 30.0 Å². The van der Waals surface area contributed by atoms with E-state index in [1.807, 2.05) is 25.1 Å². The Kier molecular flexibility index (Phi) is 4.68. The fraction of sp³-hybridized carbons (Fsp3) is 0.560. The molecule has 1 atom stereocenters. The molecule has 7 rings (SSSR count). The molecule has 1 N–H and O–H groups in total. The number of carbonyl (C=O) groups excluding carboxylic acids is 1. The summed E-state index contributed by atoms with van der Waals surface area (Å²) in [6.45, 7) is 5.58. The molecule has 8 heteroatoms. The lowest BCUT2D eigenvalue weighted by molar-refractivity contribution is -0.260. The van der Waals surface area contributed by atoms with Crippen LogP contribution in [-0.2, 0) is 14.3 Å². The number of carbonyl (C=O) groups is 1. The Morgan fingerprint density at radius 2 is 1.97 bits per heavy atom. The number of rotatable bonds is 6. The normalized spacial score (nSPS) is 31.9. The van der Waals surface area contributed by atoms with E-state index in [0.717, 1.165) is 81.4 Å². The van der Waals surface area contributed by atoms with Crippen LogP contribution in [0.2, 0.25) is 0 Å². The van der Waals surface area contributed by atoms with Crippen molar-refractivity contribution in [3.63, 3.8) is 0 Å². The number of ether oxygens (including phenoxy) is 3. The van der Waals surface area contributed by atoms with Crippen LogP contribution < -0.4 is 15.0 Å². The van der Waals surface area contributed by atoms with E-state index in [0.29, 0.717) is 5.75 Å². The summed E-state index contributed by atoms with van der Waals surface area (Å²) in [5, 5.41) is 3.07. The smallest absolute Gasteiger partial charge is 0.230 e. The van der Waals surface area contributed by atoms with Gasteiger partial charge in [0.1, 0.15) is 5.75 Å². The maximum Gasteiger partial charge on any atom is 0.230 e. The zero-order valence-electron chi connectivity index (χ0n) is 19.2. The third-order valence-electron chi connectivity index (χ3n) is 8.08. The molecule has 3 aliphatic carbocycles. The van der Waals surface area contributed by atoms with Gasteiger partial charge < -0.3 is 24.4 Å². The zero-order chi connectivity index (χ0) is 22.7. The zero-order valence-corrected chi connectivity index (χ0v) is 19.2. The van der Waals surface area contributed by atoms with E-state index in [4.69, 9.17) is 14.2 Å². The number of benzene rings is 1. The lowest BCUT2D eigenvalue weighted by Crippen LogP contribution is -2.72. The van der Waals surface area contributed by atoms with Crippen LogP contribution in [0, 0.1) is 17.8 Å². The molecule has 8 nitrogen and oxygen atoms in total. The highest BCUT2D eigenvalue weighted by Crippen LogP contribution is 2.69. The minimum Gasteiger partial charge on any atom is -0.454 e. The van der Waals surface area contributed by atoms with Crippen molar-refractivity contribution in [2.24, 2.45) is 10.8 Å². The van der Waals surface area contributed by atoms with E-state index < -0.39 is 0 Å². The van der Waals surface area contributed by atoms with Crippen LogP contribution in [0.25, 0.3) is 0 Å². The van der Waals surface area contributed by atoms with Crippen molar-refractivity contribution in [3.05, 3.63) is 36.2 Å². The van der Waals surface area contributed by atoms with E-state index in [2.05, 4.69) is 20.2 Å². The van der Waals surface area contributed by atoms with Gasteiger partial charge in [0.25, 0.3) is 0 Å². The largest absolute Gasteiger partial charge is 0.454 e. The average molecular weight is 451 g/mol. The van der Waals surface area contributed by atoms with Crippen LogP contribution in [-0.4, -0.2) is 54.9 Å². The van der Waals surface area contributed by atoms with E-state index in [-0.39, 0.29) is 22.3 Å². The highest BCUT2D eigenvalue weighted by Gasteiger charge is 2.72. The Morgan fingerprint density at radius 3 is 2.64 bits per heavy atom. The summed E-state index contributed by atoms with van der Waals surface area (Å²) in [7, 11) is 1.73. The van der Waals surface area contributed by atoms with E-state index in [9.17, 15) is 4.79 Å². The third kappa shape index (κ3) is 3.47. The fourth-order valence-electron chi connectivity index (χ4n) is 5.99. The minimum atomic E-state index is -0.238. The monoisotopic (exact) mass is 450 g/mol. The maximum absolute atomic E-state index is 12.7. The first-order valence-corrected chi connectivity index (χ1v) is 11.7. The predicted molar refractivity (Wildman–Crippen MR) is 123 cm³/mol. The lowest BCUT2D eigenvalue weighted by Gasteiger charge is -2.67. The number of nitrogens with zero attached hydrogens (tertiary/aromatic N) is 3. The highest BCUT2D eigenvalue weighted by molar-refractivity contribution is 5.98. The molecule has 2 aliphatic heterocycles. The molecule has 5 aliphatic rings.